The highest BCUT2D eigenvalue weighted by Gasteiger charge is 2.29. The molecule has 4 heteroatoms. The monoisotopic (exact) mass is 312 g/mol. The quantitative estimate of drug-likeness (QED) is 0.943. The van der Waals surface area contributed by atoms with E-state index < -0.39 is 6.10 Å². The average Bonchev–Trinajstić information content (AvgIpc) is 3.08. The molecule has 0 unspecified atom stereocenters. The van der Waals surface area contributed by atoms with Gasteiger partial charge in [0.05, 0.1) is 12.1 Å². The number of carbonyl (C=O) groups excluding carboxylic acids is 1. The molecular weight excluding hydrogens is 288 g/mol. The number of hydrogen-bond acceptors (Lipinski definition) is 2. The Morgan fingerprint density at radius 1 is 1.17 bits per heavy atom. The number of hydrogen-bond donors (Lipinski definition) is 1. The van der Waals surface area contributed by atoms with Gasteiger partial charge in [-0.1, -0.05) is 25.0 Å². The van der Waals surface area contributed by atoms with Gasteiger partial charge in [-0.15, -0.1) is 0 Å². The summed E-state index contributed by atoms with van der Waals surface area (Å²) in [6, 6.07) is 11.7. The third kappa shape index (κ3) is 3.64. The zero-order valence-electron chi connectivity index (χ0n) is 13.6. The molecule has 0 spiro atoms. The van der Waals surface area contributed by atoms with Gasteiger partial charge in [0.15, 0.2) is 0 Å². The Hall–Kier alpha value is -2.07. The maximum Gasteiger partial charge on any atom is 0.253 e. The van der Waals surface area contributed by atoms with Gasteiger partial charge in [-0.2, -0.15) is 0 Å². The molecule has 23 heavy (non-hydrogen) atoms. The Kier molecular flexibility index (Phi) is 4.82. The molecular formula is C19H24N2O2. The Morgan fingerprint density at radius 3 is 2.48 bits per heavy atom. The van der Waals surface area contributed by atoms with Crippen molar-refractivity contribution < 1.29 is 9.90 Å². The molecule has 1 amide bonds. The van der Waals surface area contributed by atoms with Crippen molar-refractivity contribution in [3.63, 3.8) is 0 Å². The second-order valence-electron chi connectivity index (χ2n) is 6.39. The molecule has 1 N–H and O–H groups in total. The molecule has 1 heterocycles. The molecule has 1 fully saturated rings. The van der Waals surface area contributed by atoms with Crippen LogP contribution in [0.1, 0.15) is 41.6 Å². The number of aliphatic hydroxyl groups is 1. The van der Waals surface area contributed by atoms with Crippen molar-refractivity contribution in [1.82, 2.24) is 9.47 Å². The fourth-order valence-electron chi connectivity index (χ4n) is 3.34. The van der Waals surface area contributed by atoms with Gasteiger partial charge in [-0.05, 0) is 42.7 Å². The van der Waals surface area contributed by atoms with Crippen LogP contribution in [0.15, 0.2) is 48.8 Å². The molecule has 0 aliphatic heterocycles. The topological polar surface area (TPSA) is 45.5 Å². The average molecular weight is 312 g/mol. The molecule has 2 atom stereocenters. The Morgan fingerprint density at radius 2 is 1.83 bits per heavy atom. The van der Waals surface area contributed by atoms with Gasteiger partial charge in [0.1, 0.15) is 0 Å². The summed E-state index contributed by atoms with van der Waals surface area (Å²) in [6.07, 6.45) is 7.45. The van der Waals surface area contributed by atoms with Crippen LogP contribution in [-0.2, 0) is 6.54 Å². The highest BCUT2D eigenvalue weighted by atomic mass is 16.3. The van der Waals surface area contributed by atoms with Gasteiger partial charge in [0.2, 0.25) is 0 Å². The fraction of sp³-hybridized carbons (Fsp3) is 0.421. The van der Waals surface area contributed by atoms with Gasteiger partial charge in [-0.25, -0.2) is 0 Å². The summed E-state index contributed by atoms with van der Waals surface area (Å²) >= 11 is 0. The summed E-state index contributed by atoms with van der Waals surface area (Å²) < 4.78 is 2.10. The number of likely N-dealkylation sites (N-methyl/N-ethyl adjacent to an activating group) is 1. The molecule has 1 aliphatic carbocycles. The number of amides is 1. The lowest BCUT2D eigenvalue weighted by Crippen LogP contribution is -2.46. The van der Waals surface area contributed by atoms with Crippen molar-refractivity contribution in [2.24, 2.45) is 0 Å². The van der Waals surface area contributed by atoms with E-state index in [0.717, 1.165) is 37.8 Å². The first-order valence-electron chi connectivity index (χ1n) is 8.30. The number of benzene rings is 1. The summed E-state index contributed by atoms with van der Waals surface area (Å²) in [5.41, 5.74) is 1.85. The molecule has 1 aromatic heterocycles. The van der Waals surface area contributed by atoms with E-state index in [2.05, 4.69) is 4.57 Å². The standard InChI is InChI=1S/C19H24N2O2/c1-20(17-6-2-3-7-18(17)22)19(23)16-10-8-15(9-11-16)14-21-12-4-5-13-21/h4-5,8-13,17-18,22H,2-3,6-7,14H2,1H3/t17-,18-/m0/s1. The van der Waals surface area contributed by atoms with Crippen molar-refractivity contribution in [2.45, 2.75) is 44.4 Å². The number of carbonyl (C=O) groups is 1. The first-order chi connectivity index (χ1) is 11.1. The predicted octanol–water partition coefficient (Wildman–Crippen LogP) is 2.91. The lowest BCUT2D eigenvalue weighted by molar-refractivity contribution is 0.0268. The number of aromatic nitrogens is 1. The number of aliphatic hydroxyl groups excluding tert-OH is 1. The van der Waals surface area contributed by atoms with Crippen molar-refractivity contribution in [1.29, 1.82) is 0 Å². The zero-order valence-corrected chi connectivity index (χ0v) is 13.6. The van der Waals surface area contributed by atoms with Crippen LogP contribution in [0, 0.1) is 0 Å². The highest BCUT2D eigenvalue weighted by molar-refractivity contribution is 5.94. The van der Waals surface area contributed by atoms with E-state index >= 15 is 0 Å². The molecule has 4 nitrogen and oxygen atoms in total. The van der Waals surface area contributed by atoms with Gasteiger partial charge in [0.25, 0.3) is 5.91 Å². The van der Waals surface area contributed by atoms with E-state index in [1.807, 2.05) is 48.8 Å². The summed E-state index contributed by atoms with van der Waals surface area (Å²) in [5, 5.41) is 10.1. The Bertz CT molecular complexity index is 634. The van der Waals surface area contributed by atoms with Crippen molar-refractivity contribution in [2.75, 3.05) is 7.05 Å². The molecule has 3 rings (SSSR count). The van der Waals surface area contributed by atoms with Gasteiger partial charge >= 0.3 is 0 Å². The Balaban J connectivity index is 1.67. The van der Waals surface area contributed by atoms with Crippen LogP contribution in [0.2, 0.25) is 0 Å². The van der Waals surface area contributed by atoms with Crippen LogP contribution >= 0.6 is 0 Å². The molecule has 1 aromatic carbocycles. The minimum Gasteiger partial charge on any atom is -0.391 e. The first-order valence-corrected chi connectivity index (χ1v) is 8.30. The second-order valence-corrected chi connectivity index (χ2v) is 6.39. The normalized spacial score (nSPS) is 21.1. The van der Waals surface area contributed by atoms with E-state index in [-0.39, 0.29) is 11.9 Å². The number of rotatable bonds is 4. The van der Waals surface area contributed by atoms with Gasteiger partial charge in [0, 0.05) is 31.5 Å². The van der Waals surface area contributed by atoms with Gasteiger partial charge < -0.3 is 14.6 Å². The molecule has 0 radical (unpaired) electrons. The van der Waals surface area contributed by atoms with E-state index in [9.17, 15) is 9.90 Å². The van der Waals surface area contributed by atoms with E-state index in [1.165, 1.54) is 0 Å². The highest BCUT2D eigenvalue weighted by Crippen LogP contribution is 2.23. The Labute approximate surface area is 137 Å². The lowest BCUT2D eigenvalue weighted by atomic mass is 9.91. The molecule has 0 bridgehead atoms. The van der Waals surface area contributed by atoms with Crippen LogP contribution in [0.4, 0.5) is 0 Å². The predicted molar refractivity (Wildman–Crippen MR) is 90.3 cm³/mol. The summed E-state index contributed by atoms with van der Waals surface area (Å²) in [7, 11) is 1.80. The van der Waals surface area contributed by atoms with Crippen LogP contribution in [0.5, 0.6) is 0 Å². The SMILES string of the molecule is CN(C(=O)c1ccc(Cn2cccc2)cc1)[C@H]1CCCC[C@@H]1O. The fourth-order valence-corrected chi connectivity index (χ4v) is 3.34. The molecule has 2 aromatic rings. The minimum atomic E-state index is -0.397. The second kappa shape index (κ2) is 7.01. The molecule has 122 valence electrons. The zero-order chi connectivity index (χ0) is 16.2. The van der Waals surface area contributed by atoms with E-state index in [4.69, 9.17) is 0 Å². The van der Waals surface area contributed by atoms with Crippen molar-refractivity contribution in [3.8, 4) is 0 Å². The molecule has 0 saturated heterocycles. The van der Waals surface area contributed by atoms with Crippen LogP contribution in [-0.4, -0.2) is 39.7 Å². The summed E-state index contributed by atoms with van der Waals surface area (Å²) in [4.78, 5) is 14.3. The maximum atomic E-state index is 12.6. The van der Waals surface area contributed by atoms with Crippen molar-refractivity contribution >= 4 is 5.91 Å². The van der Waals surface area contributed by atoms with Crippen molar-refractivity contribution in [3.05, 3.63) is 59.9 Å². The maximum absolute atomic E-state index is 12.6. The first kappa shape index (κ1) is 15.8. The summed E-state index contributed by atoms with van der Waals surface area (Å²) in [6.45, 7) is 0.804. The molecule has 1 saturated carbocycles. The van der Waals surface area contributed by atoms with E-state index in [0.29, 0.717) is 5.56 Å². The smallest absolute Gasteiger partial charge is 0.253 e. The van der Waals surface area contributed by atoms with Crippen LogP contribution in [0.3, 0.4) is 0 Å². The third-order valence-corrected chi connectivity index (χ3v) is 4.74. The minimum absolute atomic E-state index is 0.0107. The van der Waals surface area contributed by atoms with E-state index in [1.54, 1.807) is 11.9 Å². The largest absolute Gasteiger partial charge is 0.391 e. The lowest BCUT2D eigenvalue weighted by Gasteiger charge is -2.35. The number of nitrogens with zero attached hydrogens (tertiary/aromatic N) is 2. The molecule has 1 aliphatic rings. The summed E-state index contributed by atoms with van der Waals surface area (Å²) in [5.74, 6) is -0.0107. The third-order valence-electron chi connectivity index (χ3n) is 4.74. The van der Waals surface area contributed by atoms with Crippen LogP contribution < -0.4 is 0 Å². The van der Waals surface area contributed by atoms with Gasteiger partial charge in [-0.3, -0.25) is 4.79 Å². The van der Waals surface area contributed by atoms with Crippen LogP contribution in [0.25, 0.3) is 0 Å².